The maximum atomic E-state index is 10.9. The van der Waals surface area contributed by atoms with E-state index < -0.39 is 5.97 Å². The lowest BCUT2D eigenvalue weighted by molar-refractivity contribution is -0.138. The van der Waals surface area contributed by atoms with Gasteiger partial charge >= 0.3 is 5.97 Å². The molecule has 0 bridgehead atoms. The largest absolute Gasteiger partial charge is 0.481 e. The monoisotopic (exact) mass is 260 g/mol. The van der Waals surface area contributed by atoms with Crippen LogP contribution in [0.3, 0.4) is 0 Å². The van der Waals surface area contributed by atoms with E-state index in [1.54, 1.807) is 23.7 Å². The number of rotatable bonds is 3. The first-order valence-corrected chi connectivity index (χ1v) is 6.59. The Kier molecular flexibility index (Phi) is 2.63. The fourth-order valence-corrected chi connectivity index (χ4v) is 3.36. The minimum absolute atomic E-state index is 0.158. The fraction of sp³-hybridized carbons (Fsp3) is 0.308. The second-order valence-corrected chi connectivity index (χ2v) is 5.53. The fourth-order valence-electron chi connectivity index (χ4n) is 2.12. The van der Waals surface area contributed by atoms with Crippen LogP contribution >= 0.6 is 11.3 Å². The number of pyridine rings is 1. The summed E-state index contributed by atoms with van der Waals surface area (Å²) in [5.41, 5.74) is 1.94. The number of aliphatic carboxylic acids is 1. The number of nitrogens with zero attached hydrogens (tertiary/aromatic N) is 2. The summed E-state index contributed by atoms with van der Waals surface area (Å²) in [5, 5.41) is 9.90. The molecule has 0 aliphatic heterocycles. The molecule has 2 heterocycles. The van der Waals surface area contributed by atoms with Gasteiger partial charge in [0, 0.05) is 28.8 Å². The van der Waals surface area contributed by atoms with Crippen molar-refractivity contribution in [2.75, 3.05) is 0 Å². The molecule has 1 aliphatic rings. The van der Waals surface area contributed by atoms with Gasteiger partial charge < -0.3 is 5.11 Å². The molecular weight excluding hydrogens is 248 g/mol. The zero-order valence-electron chi connectivity index (χ0n) is 9.83. The Hall–Kier alpha value is -1.75. The summed E-state index contributed by atoms with van der Waals surface area (Å²) in [6.45, 7) is 1.95. The van der Waals surface area contributed by atoms with Crippen molar-refractivity contribution in [1.29, 1.82) is 0 Å². The average molecular weight is 260 g/mol. The summed E-state index contributed by atoms with van der Waals surface area (Å²) in [6, 6.07) is 3.85. The molecule has 1 N–H and O–H groups in total. The van der Waals surface area contributed by atoms with Crippen LogP contribution in [0.2, 0.25) is 0 Å². The average Bonchev–Trinajstić information content (AvgIpc) is 3.08. The van der Waals surface area contributed by atoms with Crippen molar-refractivity contribution < 1.29 is 9.90 Å². The number of hydrogen-bond acceptors (Lipinski definition) is 4. The topological polar surface area (TPSA) is 63.1 Å². The normalized spacial score (nSPS) is 21.8. The molecule has 1 fully saturated rings. The van der Waals surface area contributed by atoms with E-state index in [1.165, 1.54) is 0 Å². The van der Waals surface area contributed by atoms with Crippen LogP contribution in [0, 0.1) is 12.8 Å². The lowest BCUT2D eigenvalue weighted by Crippen LogP contribution is -1.98. The maximum Gasteiger partial charge on any atom is 0.307 e. The first-order chi connectivity index (χ1) is 8.66. The third-order valence-electron chi connectivity index (χ3n) is 3.19. The van der Waals surface area contributed by atoms with Crippen molar-refractivity contribution >= 4 is 17.3 Å². The standard InChI is InChI=1S/C13H12N2O2S/c1-7-11(9-5-10(9)13(16)17)18-12(15-7)8-3-2-4-14-6-8/h2-4,6,9-10H,5H2,1H3,(H,16,17). The Morgan fingerprint density at radius 2 is 2.39 bits per heavy atom. The number of carboxylic acid groups (broad SMARTS) is 1. The van der Waals surface area contributed by atoms with Crippen molar-refractivity contribution in [3.05, 3.63) is 35.1 Å². The number of hydrogen-bond donors (Lipinski definition) is 1. The summed E-state index contributed by atoms with van der Waals surface area (Å²) < 4.78 is 0. The van der Waals surface area contributed by atoms with E-state index in [0.717, 1.165) is 27.6 Å². The molecule has 1 saturated carbocycles. The summed E-state index contributed by atoms with van der Waals surface area (Å²) in [7, 11) is 0. The Balaban J connectivity index is 1.91. The Labute approximate surface area is 108 Å². The predicted molar refractivity (Wildman–Crippen MR) is 68.6 cm³/mol. The molecule has 5 heteroatoms. The summed E-state index contributed by atoms with van der Waals surface area (Å²) >= 11 is 1.59. The summed E-state index contributed by atoms with van der Waals surface area (Å²) in [5.74, 6) is -0.757. The molecule has 0 spiro atoms. The van der Waals surface area contributed by atoms with Gasteiger partial charge in [0.2, 0.25) is 0 Å². The molecular formula is C13H12N2O2S. The van der Waals surface area contributed by atoms with Crippen LogP contribution < -0.4 is 0 Å². The SMILES string of the molecule is Cc1nc(-c2cccnc2)sc1C1CC1C(=O)O. The van der Waals surface area contributed by atoms with Gasteiger partial charge in [-0.25, -0.2) is 4.98 Å². The van der Waals surface area contributed by atoms with E-state index in [-0.39, 0.29) is 11.8 Å². The molecule has 92 valence electrons. The van der Waals surface area contributed by atoms with Crippen LogP contribution in [0.1, 0.15) is 22.9 Å². The van der Waals surface area contributed by atoms with Gasteiger partial charge in [-0.3, -0.25) is 9.78 Å². The van der Waals surface area contributed by atoms with E-state index in [9.17, 15) is 4.79 Å². The number of carbonyl (C=O) groups is 1. The van der Waals surface area contributed by atoms with Gasteiger partial charge in [0.1, 0.15) is 5.01 Å². The zero-order chi connectivity index (χ0) is 12.7. The second-order valence-electron chi connectivity index (χ2n) is 4.50. The van der Waals surface area contributed by atoms with Crippen LogP contribution in [0.5, 0.6) is 0 Å². The van der Waals surface area contributed by atoms with Gasteiger partial charge in [-0.05, 0) is 25.5 Å². The van der Waals surface area contributed by atoms with E-state index in [4.69, 9.17) is 5.11 Å². The molecule has 0 saturated heterocycles. The van der Waals surface area contributed by atoms with Crippen LogP contribution in [-0.4, -0.2) is 21.0 Å². The molecule has 2 atom stereocenters. The minimum atomic E-state index is -0.698. The highest BCUT2D eigenvalue weighted by Gasteiger charge is 2.46. The van der Waals surface area contributed by atoms with Crippen molar-refractivity contribution in [2.45, 2.75) is 19.3 Å². The molecule has 18 heavy (non-hydrogen) atoms. The highest BCUT2D eigenvalue weighted by atomic mass is 32.1. The van der Waals surface area contributed by atoms with Gasteiger partial charge in [0.25, 0.3) is 0 Å². The molecule has 3 rings (SSSR count). The number of aromatic nitrogens is 2. The Bertz CT molecular complexity index is 594. The molecule has 0 radical (unpaired) electrons. The molecule has 2 unspecified atom stereocenters. The van der Waals surface area contributed by atoms with Gasteiger partial charge in [-0.1, -0.05) is 0 Å². The lowest BCUT2D eigenvalue weighted by Gasteiger charge is -1.93. The quantitative estimate of drug-likeness (QED) is 0.921. The van der Waals surface area contributed by atoms with Gasteiger partial charge in [-0.2, -0.15) is 0 Å². The van der Waals surface area contributed by atoms with E-state index >= 15 is 0 Å². The smallest absolute Gasteiger partial charge is 0.307 e. The van der Waals surface area contributed by atoms with Crippen molar-refractivity contribution in [3.63, 3.8) is 0 Å². The minimum Gasteiger partial charge on any atom is -0.481 e. The van der Waals surface area contributed by atoms with Gasteiger partial charge in [-0.15, -0.1) is 11.3 Å². The van der Waals surface area contributed by atoms with Gasteiger partial charge in [0.15, 0.2) is 0 Å². The first kappa shape index (κ1) is 11.3. The second kappa shape index (κ2) is 4.17. The third kappa shape index (κ3) is 1.90. The van der Waals surface area contributed by atoms with Crippen LogP contribution in [0.15, 0.2) is 24.5 Å². The first-order valence-electron chi connectivity index (χ1n) is 5.77. The predicted octanol–water partition coefficient (Wildman–Crippen LogP) is 2.70. The number of carboxylic acids is 1. The highest BCUT2D eigenvalue weighted by Crippen LogP contribution is 2.51. The van der Waals surface area contributed by atoms with Crippen molar-refractivity contribution in [2.24, 2.45) is 5.92 Å². The van der Waals surface area contributed by atoms with Crippen molar-refractivity contribution in [3.8, 4) is 10.6 Å². The summed E-state index contributed by atoms with van der Waals surface area (Å²) in [4.78, 5) is 20.6. The molecule has 0 aromatic carbocycles. The van der Waals surface area contributed by atoms with Crippen molar-refractivity contribution in [1.82, 2.24) is 9.97 Å². The Morgan fingerprint density at radius 1 is 1.56 bits per heavy atom. The molecule has 4 nitrogen and oxygen atoms in total. The molecule has 2 aromatic rings. The van der Waals surface area contributed by atoms with E-state index in [1.807, 2.05) is 19.1 Å². The lowest BCUT2D eigenvalue weighted by atomic mass is 10.2. The van der Waals surface area contributed by atoms with E-state index in [2.05, 4.69) is 9.97 Å². The van der Waals surface area contributed by atoms with Crippen LogP contribution in [0.4, 0.5) is 0 Å². The van der Waals surface area contributed by atoms with Crippen LogP contribution in [-0.2, 0) is 4.79 Å². The van der Waals surface area contributed by atoms with Crippen LogP contribution in [0.25, 0.3) is 10.6 Å². The summed E-state index contributed by atoms with van der Waals surface area (Å²) in [6.07, 6.45) is 4.25. The molecule has 1 aliphatic carbocycles. The Morgan fingerprint density at radius 3 is 3.00 bits per heavy atom. The molecule has 0 amide bonds. The van der Waals surface area contributed by atoms with Gasteiger partial charge in [0.05, 0.1) is 11.6 Å². The molecule has 2 aromatic heterocycles. The number of aryl methyl sites for hydroxylation is 1. The van der Waals surface area contributed by atoms with E-state index in [0.29, 0.717) is 0 Å². The number of thiazole rings is 1. The zero-order valence-corrected chi connectivity index (χ0v) is 10.6. The maximum absolute atomic E-state index is 10.9. The highest BCUT2D eigenvalue weighted by molar-refractivity contribution is 7.15. The third-order valence-corrected chi connectivity index (χ3v) is 4.52.